The number of halogens is 2. The van der Waals surface area contributed by atoms with Gasteiger partial charge in [0.15, 0.2) is 5.78 Å². The van der Waals surface area contributed by atoms with Crippen molar-refractivity contribution in [2.24, 2.45) is 0 Å². The third-order valence-electron chi connectivity index (χ3n) is 2.71. The summed E-state index contributed by atoms with van der Waals surface area (Å²) >= 11 is 9.38. The van der Waals surface area contributed by atoms with E-state index in [1.54, 1.807) is 18.5 Å². The maximum atomic E-state index is 12.2. The fourth-order valence-electron chi connectivity index (χ4n) is 1.71. The van der Waals surface area contributed by atoms with Crippen molar-refractivity contribution in [3.63, 3.8) is 0 Å². The highest BCUT2D eigenvalue weighted by atomic mass is 79.9. The quantitative estimate of drug-likeness (QED) is 0.791. The predicted molar refractivity (Wildman–Crippen MR) is 76.2 cm³/mol. The zero-order valence-electron chi connectivity index (χ0n) is 9.78. The molecule has 1 aromatic carbocycles. The van der Waals surface area contributed by atoms with Crippen LogP contribution < -0.4 is 0 Å². The maximum absolute atomic E-state index is 12.2. The van der Waals surface area contributed by atoms with E-state index in [0.29, 0.717) is 11.4 Å². The fourth-order valence-corrected chi connectivity index (χ4v) is 2.26. The van der Waals surface area contributed by atoms with Crippen LogP contribution in [0.1, 0.15) is 21.5 Å². The highest BCUT2D eigenvalue weighted by Gasteiger charge is 2.12. The largest absolute Gasteiger partial charge is 0.294 e. The molecule has 0 unspecified atom stereocenters. The van der Waals surface area contributed by atoms with Crippen molar-refractivity contribution in [1.82, 2.24) is 4.98 Å². The predicted octanol–water partition coefficient (Wildman–Crippen LogP) is 4.23. The normalized spacial score (nSPS) is 10.4. The molecule has 4 heteroatoms. The van der Waals surface area contributed by atoms with E-state index in [4.69, 9.17) is 11.6 Å². The molecule has 0 saturated carbocycles. The number of Topliss-reactive ketones (excluding diaryl/α,β-unsaturated/α-hetero) is 1. The highest BCUT2D eigenvalue weighted by molar-refractivity contribution is 9.10. The van der Waals surface area contributed by atoms with Gasteiger partial charge >= 0.3 is 0 Å². The van der Waals surface area contributed by atoms with E-state index in [1.165, 1.54) is 0 Å². The lowest BCUT2D eigenvalue weighted by Crippen LogP contribution is -2.06. The van der Waals surface area contributed by atoms with Crippen LogP contribution >= 0.6 is 27.5 Å². The average molecular weight is 325 g/mol. The molecule has 0 aliphatic rings. The van der Waals surface area contributed by atoms with E-state index < -0.39 is 0 Å². The van der Waals surface area contributed by atoms with Crippen LogP contribution in [0, 0.1) is 6.92 Å². The fraction of sp³-hybridized carbons (Fsp3) is 0.143. The number of aryl methyl sites for hydroxylation is 1. The number of nitrogens with zero attached hydrogens (tertiary/aromatic N) is 1. The molecule has 2 aromatic rings. The minimum Gasteiger partial charge on any atom is -0.294 e. The highest BCUT2D eigenvalue weighted by Crippen LogP contribution is 2.20. The van der Waals surface area contributed by atoms with Gasteiger partial charge in [0, 0.05) is 28.9 Å². The van der Waals surface area contributed by atoms with Gasteiger partial charge in [0.05, 0.1) is 5.02 Å². The van der Waals surface area contributed by atoms with Gasteiger partial charge in [-0.2, -0.15) is 0 Å². The van der Waals surface area contributed by atoms with E-state index in [2.05, 4.69) is 20.9 Å². The molecule has 0 fully saturated rings. The molecule has 1 heterocycles. The minimum atomic E-state index is 0.0573. The first-order valence-electron chi connectivity index (χ1n) is 5.45. The second-order valence-electron chi connectivity index (χ2n) is 4.03. The zero-order chi connectivity index (χ0) is 13.1. The molecule has 0 bridgehead atoms. The smallest absolute Gasteiger partial charge is 0.167 e. The lowest BCUT2D eigenvalue weighted by molar-refractivity contribution is 0.0992. The summed E-state index contributed by atoms with van der Waals surface area (Å²) in [6.07, 6.45) is 3.48. The standard InChI is InChI=1S/C14H11BrClNO/c1-9-2-3-11(15)7-12(9)14(18)6-10-4-5-17-8-13(10)16/h2-5,7-8H,6H2,1H3. The van der Waals surface area contributed by atoms with Gasteiger partial charge in [0.2, 0.25) is 0 Å². The van der Waals surface area contributed by atoms with Gasteiger partial charge in [-0.1, -0.05) is 33.6 Å². The van der Waals surface area contributed by atoms with Gasteiger partial charge in [-0.15, -0.1) is 0 Å². The molecule has 0 saturated heterocycles. The van der Waals surface area contributed by atoms with Crippen molar-refractivity contribution in [2.45, 2.75) is 13.3 Å². The third kappa shape index (κ3) is 2.98. The molecular formula is C14H11BrClNO. The van der Waals surface area contributed by atoms with Gasteiger partial charge in [-0.05, 0) is 36.2 Å². The van der Waals surface area contributed by atoms with E-state index in [9.17, 15) is 4.79 Å². The van der Waals surface area contributed by atoms with Crippen LogP contribution in [0.4, 0.5) is 0 Å². The molecular weight excluding hydrogens is 314 g/mol. The second-order valence-corrected chi connectivity index (χ2v) is 5.35. The van der Waals surface area contributed by atoms with Crippen LogP contribution in [0.2, 0.25) is 5.02 Å². The minimum absolute atomic E-state index is 0.0573. The summed E-state index contributed by atoms with van der Waals surface area (Å²) in [6.45, 7) is 1.92. The average Bonchev–Trinajstić information content (AvgIpc) is 2.35. The lowest BCUT2D eigenvalue weighted by atomic mass is 10.00. The van der Waals surface area contributed by atoms with Crippen molar-refractivity contribution < 1.29 is 4.79 Å². The Bertz CT molecular complexity index is 598. The number of carbonyl (C=O) groups is 1. The van der Waals surface area contributed by atoms with E-state index >= 15 is 0 Å². The number of hydrogen-bond donors (Lipinski definition) is 0. The van der Waals surface area contributed by atoms with Crippen molar-refractivity contribution in [2.75, 3.05) is 0 Å². The monoisotopic (exact) mass is 323 g/mol. The van der Waals surface area contributed by atoms with Crippen LogP contribution in [0.25, 0.3) is 0 Å². The van der Waals surface area contributed by atoms with Crippen molar-refractivity contribution in [3.8, 4) is 0 Å². The van der Waals surface area contributed by atoms with Crippen molar-refractivity contribution >= 4 is 33.3 Å². The number of rotatable bonds is 3. The molecule has 0 spiro atoms. The Morgan fingerprint density at radius 2 is 2.17 bits per heavy atom. The topological polar surface area (TPSA) is 30.0 Å². The van der Waals surface area contributed by atoms with Gasteiger partial charge in [-0.3, -0.25) is 9.78 Å². The molecule has 92 valence electrons. The number of aromatic nitrogens is 1. The molecule has 0 aliphatic heterocycles. The Hall–Kier alpha value is -1.19. The summed E-state index contributed by atoms with van der Waals surface area (Å²) in [7, 11) is 0. The molecule has 0 atom stereocenters. The first-order chi connectivity index (χ1) is 8.58. The van der Waals surface area contributed by atoms with Crippen LogP contribution in [0.5, 0.6) is 0 Å². The van der Waals surface area contributed by atoms with Gasteiger partial charge in [0.1, 0.15) is 0 Å². The van der Waals surface area contributed by atoms with Crippen LogP contribution in [0.15, 0.2) is 41.1 Å². The van der Waals surface area contributed by atoms with Crippen LogP contribution in [0.3, 0.4) is 0 Å². The van der Waals surface area contributed by atoms with E-state index in [0.717, 1.165) is 21.2 Å². The summed E-state index contributed by atoms with van der Waals surface area (Å²) in [4.78, 5) is 16.1. The van der Waals surface area contributed by atoms with E-state index in [1.807, 2.05) is 25.1 Å². The molecule has 2 rings (SSSR count). The molecule has 1 aromatic heterocycles. The van der Waals surface area contributed by atoms with Gasteiger partial charge < -0.3 is 0 Å². The number of hydrogen-bond acceptors (Lipinski definition) is 2. The SMILES string of the molecule is Cc1ccc(Br)cc1C(=O)Cc1ccncc1Cl. The summed E-state index contributed by atoms with van der Waals surface area (Å²) in [5, 5.41) is 0.526. The molecule has 0 radical (unpaired) electrons. The second kappa shape index (κ2) is 5.63. The molecule has 2 nitrogen and oxygen atoms in total. The first-order valence-corrected chi connectivity index (χ1v) is 6.63. The summed E-state index contributed by atoms with van der Waals surface area (Å²) in [6, 6.07) is 7.46. The van der Waals surface area contributed by atoms with E-state index in [-0.39, 0.29) is 5.78 Å². The van der Waals surface area contributed by atoms with Crippen LogP contribution in [-0.4, -0.2) is 10.8 Å². The third-order valence-corrected chi connectivity index (χ3v) is 3.54. The summed E-state index contributed by atoms with van der Waals surface area (Å²) in [5.74, 6) is 0.0573. The zero-order valence-corrected chi connectivity index (χ0v) is 12.1. The van der Waals surface area contributed by atoms with Crippen molar-refractivity contribution in [3.05, 3.63) is 62.8 Å². The molecule has 0 N–H and O–H groups in total. The van der Waals surface area contributed by atoms with Crippen molar-refractivity contribution in [1.29, 1.82) is 0 Å². The Balaban J connectivity index is 2.28. The lowest BCUT2D eigenvalue weighted by Gasteiger charge is -2.06. The summed E-state index contributed by atoms with van der Waals surface area (Å²) < 4.78 is 0.900. The Morgan fingerprint density at radius 1 is 1.39 bits per heavy atom. The number of pyridine rings is 1. The molecule has 0 aliphatic carbocycles. The maximum Gasteiger partial charge on any atom is 0.167 e. The number of carbonyl (C=O) groups excluding carboxylic acids is 1. The summed E-state index contributed by atoms with van der Waals surface area (Å²) in [5.41, 5.74) is 2.49. The number of benzene rings is 1. The van der Waals surface area contributed by atoms with Crippen LogP contribution in [-0.2, 0) is 6.42 Å². The number of ketones is 1. The Kier molecular flexibility index (Phi) is 4.15. The molecule has 18 heavy (non-hydrogen) atoms. The Morgan fingerprint density at radius 3 is 2.89 bits per heavy atom. The van der Waals surface area contributed by atoms with Gasteiger partial charge in [-0.25, -0.2) is 0 Å². The van der Waals surface area contributed by atoms with Gasteiger partial charge in [0.25, 0.3) is 0 Å². The Labute approximate surface area is 119 Å². The first kappa shape index (κ1) is 13.2. The molecule has 0 amide bonds.